The quantitative estimate of drug-likeness (QED) is 0.786. The SMILES string of the molecule is Cc1ccc(CN2CCC3OCCCC3(COCC(=O)N(C)C)C2)o1. The number of likely N-dealkylation sites (N-methyl/N-ethyl adjacent to an activating group) is 1. The van der Waals surface area contributed by atoms with Crippen LogP contribution in [0, 0.1) is 12.3 Å². The van der Waals surface area contributed by atoms with Gasteiger partial charge in [-0.05, 0) is 38.3 Å². The number of rotatable bonds is 6. The molecule has 25 heavy (non-hydrogen) atoms. The third-order valence-electron chi connectivity index (χ3n) is 5.36. The van der Waals surface area contributed by atoms with Crippen LogP contribution in [0.3, 0.4) is 0 Å². The molecule has 2 aliphatic heterocycles. The smallest absolute Gasteiger partial charge is 0.248 e. The molecular formula is C19H30N2O4. The van der Waals surface area contributed by atoms with Gasteiger partial charge in [-0.15, -0.1) is 0 Å². The average Bonchev–Trinajstić information content (AvgIpc) is 2.99. The van der Waals surface area contributed by atoms with Crippen LogP contribution in [0.4, 0.5) is 0 Å². The summed E-state index contributed by atoms with van der Waals surface area (Å²) in [6.07, 6.45) is 3.37. The molecule has 3 heterocycles. The lowest BCUT2D eigenvalue weighted by Gasteiger charge is -2.50. The number of likely N-dealkylation sites (tertiary alicyclic amines) is 1. The zero-order valence-corrected chi connectivity index (χ0v) is 15.6. The van der Waals surface area contributed by atoms with Crippen LogP contribution in [-0.4, -0.2) is 68.8 Å². The second-order valence-electron chi connectivity index (χ2n) is 7.62. The van der Waals surface area contributed by atoms with Crippen molar-refractivity contribution in [1.29, 1.82) is 0 Å². The number of amides is 1. The van der Waals surface area contributed by atoms with Crippen LogP contribution in [-0.2, 0) is 20.8 Å². The van der Waals surface area contributed by atoms with Crippen LogP contribution in [0.2, 0.25) is 0 Å². The van der Waals surface area contributed by atoms with Gasteiger partial charge in [-0.3, -0.25) is 9.69 Å². The van der Waals surface area contributed by atoms with Gasteiger partial charge in [-0.2, -0.15) is 0 Å². The maximum absolute atomic E-state index is 11.8. The van der Waals surface area contributed by atoms with Crippen LogP contribution < -0.4 is 0 Å². The molecule has 0 spiro atoms. The second kappa shape index (κ2) is 7.89. The molecule has 3 rings (SSSR count). The number of piperidine rings is 1. The first kappa shape index (κ1) is 18.4. The van der Waals surface area contributed by atoms with Crippen LogP contribution >= 0.6 is 0 Å². The lowest BCUT2D eigenvalue weighted by Crippen LogP contribution is -2.56. The maximum atomic E-state index is 11.8. The highest BCUT2D eigenvalue weighted by Gasteiger charge is 2.46. The predicted octanol–water partition coefficient (Wildman–Crippen LogP) is 2.06. The van der Waals surface area contributed by atoms with Crippen LogP contribution in [0.1, 0.15) is 30.8 Å². The van der Waals surface area contributed by atoms with Crippen molar-refractivity contribution >= 4 is 5.91 Å². The van der Waals surface area contributed by atoms with Crippen molar-refractivity contribution in [3.05, 3.63) is 23.7 Å². The maximum Gasteiger partial charge on any atom is 0.248 e. The number of ether oxygens (including phenoxy) is 2. The lowest BCUT2D eigenvalue weighted by molar-refractivity contribution is -0.160. The first-order valence-electron chi connectivity index (χ1n) is 9.16. The van der Waals surface area contributed by atoms with Crippen molar-refractivity contribution in [1.82, 2.24) is 9.80 Å². The Morgan fingerprint density at radius 2 is 2.28 bits per heavy atom. The highest BCUT2D eigenvalue weighted by Crippen LogP contribution is 2.40. The molecule has 2 unspecified atom stereocenters. The van der Waals surface area contributed by atoms with Gasteiger partial charge in [0.2, 0.25) is 5.91 Å². The summed E-state index contributed by atoms with van der Waals surface area (Å²) in [6.45, 7) is 6.27. The van der Waals surface area contributed by atoms with Crippen molar-refractivity contribution in [3.8, 4) is 0 Å². The molecule has 0 bridgehead atoms. The number of nitrogens with zero attached hydrogens (tertiary/aromatic N) is 2. The van der Waals surface area contributed by atoms with Gasteiger partial charge >= 0.3 is 0 Å². The number of hydrogen-bond acceptors (Lipinski definition) is 5. The van der Waals surface area contributed by atoms with Crippen molar-refractivity contribution < 1.29 is 18.7 Å². The van der Waals surface area contributed by atoms with Gasteiger partial charge in [0.25, 0.3) is 0 Å². The summed E-state index contributed by atoms with van der Waals surface area (Å²) in [4.78, 5) is 15.8. The highest BCUT2D eigenvalue weighted by molar-refractivity contribution is 5.76. The van der Waals surface area contributed by atoms with Gasteiger partial charge < -0.3 is 18.8 Å². The van der Waals surface area contributed by atoms with E-state index in [0.717, 1.165) is 57.0 Å². The van der Waals surface area contributed by atoms with E-state index in [9.17, 15) is 4.79 Å². The van der Waals surface area contributed by atoms with E-state index in [0.29, 0.717) is 6.61 Å². The second-order valence-corrected chi connectivity index (χ2v) is 7.62. The summed E-state index contributed by atoms with van der Waals surface area (Å²) in [7, 11) is 3.51. The number of fused-ring (bicyclic) bond motifs is 1. The fourth-order valence-corrected chi connectivity index (χ4v) is 3.99. The molecule has 0 aromatic carbocycles. The van der Waals surface area contributed by atoms with Crippen molar-refractivity contribution in [2.24, 2.45) is 5.41 Å². The number of aryl methyl sites for hydroxylation is 1. The minimum absolute atomic E-state index is 0.00315. The normalized spacial score (nSPS) is 27.1. The van der Waals surface area contributed by atoms with Crippen LogP contribution in [0.25, 0.3) is 0 Å². The summed E-state index contributed by atoms with van der Waals surface area (Å²) in [5, 5.41) is 0. The molecule has 2 atom stereocenters. The summed E-state index contributed by atoms with van der Waals surface area (Å²) in [5.74, 6) is 1.96. The molecule has 6 nitrogen and oxygen atoms in total. The van der Waals surface area contributed by atoms with E-state index in [1.54, 1.807) is 19.0 Å². The average molecular weight is 350 g/mol. The van der Waals surface area contributed by atoms with Gasteiger partial charge in [0.05, 0.1) is 19.3 Å². The summed E-state index contributed by atoms with van der Waals surface area (Å²) in [5.41, 5.74) is -0.0231. The van der Waals surface area contributed by atoms with Gasteiger partial charge in [-0.1, -0.05) is 0 Å². The number of carbonyl (C=O) groups excluding carboxylic acids is 1. The van der Waals surface area contributed by atoms with E-state index < -0.39 is 0 Å². The zero-order chi connectivity index (χ0) is 17.9. The van der Waals surface area contributed by atoms with E-state index in [-0.39, 0.29) is 24.0 Å². The van der Waals surface area contributed by atoms with Gasteiger partial charge in [0.1, 0.15) is 18.1 Å². The Bertz CT molecular complexity index is 586. The fourth-order valence-electron chi connectivity index (χ4n) is 3.99. The van der Waals surface area contributed by atoms with Gasteiger partial charge in [0.15, 0.2) is 0 Å². The Morgan fingerprint density at radius 3 is 3.00 bits per heavy atom. The molecule has 2 fully saturated rings. The van der Waals surface area contributed by atoms with Gasteiger partial charge in [0, 0.05) is 39.2 Å². The third-order valence-corrected chi connectivity index (χ3v) is 5.36. The van der Waals surface area contributed by atoms with Crippen molar-refractivity contribution in [3.63, 3.8) is 0 Å². The number of hydrogen-bond donors (Lipinski definition) is 0. The number of carbonyl (C=O) groups is 1. The molecule has 2 aliphatic rings. The van der Waals surface area contributed by atoms with Crippen LogP contribution in [0.15, 0.2) is 16.5 Å². The molecule has 0 saturated carbocycles. The topological polar surface area (TPSA) is 55.2 Å². The van der Waals surface area contributed by atoms with E-state index in [1.807, 2.05) is 13.0 Å². The molecule has 0 N–H and O–H groups in total. The van der Waals surface area contributed by atoms with Gasteiger partial charge in [-0.25, -0.2) is 0 Å². The molecule has 140 valence electrons. The first-order valence-corrected chi connectivity index (χ1v) is 9.16. The Kier molecular flexibility index (Phi) is 5.81. The molecule has 2 saturated heterocycles. The molecule has 1 aromatic rings. The van der Waals surface area contributed by atoms with E-state index in [1.165, 1.54) is 0 Å². The Labute approximate surface area is 150 Å². The Hall–Kier alpha value is -1.37. The molecule has 0 aliphatic carbocycles. The Balaban J connectivity index is 1.62. The highest BCUT2D eigenvalue weighted by atomic mass is 16.5. The molecule has 1 aromatic heterocycles. The zero-order valence-electron chi connectivity index (χ0n) is 15.6. The van der Waals surface area contributed by atoms with E-state index in [2.05, 4.69) is 11.0 Å². The number of furan rings is 1. The largest absolute Gasteiger partial charge is 0.465 e. The van der Waals surface area contributed by atoms with Crippen LogP contribution in [0.5, 0.6) is 0 Å². The summed E-state index contributed by atoms with van der Waals surface area (Å²) >= 11 is 0. The Morgan fingerprint density at radius 1 is 1.44 bits per heavy atom. The third kappa shape index (κ3) is 4.43. The molecular weight excluding hydrogens is 320 g/mol. The standard InChI is InChI=1S/C19H30N2O4/c1-15-5-6-16(25-15)11-21-9-7-17-19(13-21,8-4-10-24-17)14-23-12-18(22)20(2)3/h5-6,17H,4,7-14H2,1-3H3. The molecule has 0 radical (unpaired) electrons. The minimum Gasteiger partial charge on any atom is -0.465 e. The predicted molar refractivity (Wildman–Crippen MR) is 94.3 cm³/mol. The van der Waals surface area contributed by atoms with E-state index in [4.69, 9.17) is 13.9 Å². The fraction of sp³-hybridized carbons (Fsp3) is 0.737. The van der Waals surface area contributed by atoms with E-state index >= 15 is 0 Å². The lowest BCUT2D eigenvalue weighted by atomic mass is 9.73. The minimum atomic E-state index is -0.0231. The summed E-state index contributed by atoms with van der Waals surface area (Å²) in [6, 6.07) is 4.06. The molecule has 6 heteroatoms. The molecule has 1 amide bonds. The summed E-state index contributed by atoms with van der Waals surface area (Å²) < 4.78 is 17.6. The van der Waals surface area contributed by atoms with Crippen molar-refractivity contribution in [2.45, 2.75) is 38.8 Å². The van der Waals surface area contributed by atoms with Crippen molar-refractivity contribution in [2.75, 3.05) is 47.0 Å². The monoisotopic (exact) mass is 350 g/mol. The first-order chi connectivity index (χ1) is 12.0.